The van der Waals surface area contributed by atoms with Gasteiger partial charge in [-0.25, -0.2) is 13.4 Å². The first kappa shape index (κ1) is 23.4. The van der Waals surface area contributed by atoms with E-state index in [2.05, 4.69) is 9.82 Å². The number of rotatable bonds is 8. The summed E-state index contributed by atoms with van der Waals surface area (Å²) in [7, 11) is 1.24. The van der Waals surface area contributed by atoms with E-state index in [0.29, 0.717) is 47.1 Å². The maximum atomic E-state index is 12.7. The second-order valence-electron chi connectivity index (χ2n) is 7.24. The first-order valence-electron chi connectivity index (χ1n) is 9.99. The van der Waals surface area contributed by atoms with Crippen molar-refractivity contribution < 1.29 is 27.4 Å². The lowest BCUT2D eigenvalue weighted by atomic mass is 9.97. The molecule has 0 saturated carbocycles. The van der Waals surface area contributed by atoms with Gasteiger partial charge in [0.1, 0.15) is 0 Å². The van der Waals surface area contributed by atoms with E-state index in [-0.39, 0.29) is 11.9 Å². The summed E-state index contributed by atoms with van der Waals surface area (Å²) >= 11 is 0. The molecule has 172 valence electrons. The van der Waals surface area contributed by atoms with E-state index >= 15 is 0 Å². The van der Waals surface area contributed by atoms with Gasteiger partial charge in [-0.2, -0.15) is 5.10 Å². The van der Waals surface area contributed by atoms with Crippen molar-refractivity contribution in [3.63, 3.8) is 0 Å². The molecule has 2 aromatic carbocycles. The molecule has 10 heteroatoms. The Morgan fingerprint density at radius 3 is 2.25 bits per heavy atom. The minimum absolute atomic E-state index is 0.122. The summed E-state index contributed by atoms with van der Waals surface area (Å²) in [6.45, 7) is 1.78. The lowest BCUT2D eigenvalue weighted by Gasteiger charge is -2.21. The Morgan fingerprint density at radius 2 is 1.72 bits per heavy atom. The van der Waals surface area contributed by atoms with E-state index in [9.17, 15) is 13.2 Å². The fraction of sp³-hybridized carbons (Fsp3) is 0.364. The number of anilines is 1. The number of amides is 1. The van der Waals surface area contributed by atoms with Gasteiger partial charge in [-0.05, 0) is 29.8 Å². The molecule has 0 fully saturated rings. The summed E-state index contributed by atoms with van der Waals surface area (Å²) in [4.78, 5) is 12.7. The third kappa shape index (κ3) is 4.80. The van der Waals surface area contributed by atoms with Crippen LogP contribution in [0.25, 0.3) is 0 Å². The number of carbonyl (C=O) groups is 1. The Labute approximate surface area is 188 Å². The molecule has 1 unspecified atom stereocenters. The van der Waals surface area contributed by atoms with Crippen LogP contribution >= 0.6 is 0 Å². The lowest BCUT2D eigenvalue weighted by Crippen LogP contribution is -2.26. The zero-order valence-corrected chi connectivity index (χ0v) is 19.5. The molecule has 32 heavy (non-hydrogen) atoms. The second kappa shape index (κ2) is 9.47. The van der Waals surface area contributed by atoms with E-state index in [1.54, 1.807) is 44.4 Å². The summed E-state index contributed by atoms with van der Waals surface area (Å²) < 4.78 is 41.8. The second-order valence-corrected chi connectivity index (χ2v) is 8.99. The van der Waals surface area contributed by atoms with Crippen molar-refractivity contribution in [3.8, 4) is 17.2 Å². The van der Waals surface area contributed by atoms with E-state index in [4.69, 9.17) is 14.2 Å². The van der Waals surface area contributed by atoms with Gasteiger partial charge in [-0.15, -0.1) is 0 Å². The molecule has 0 aromatic heterocycles. The molecule has 0 saturated heterocycles. The molecular formula is C22H27N3O6S. The van der Waals surface area contributed by atoms with Crippen LogP contribution in [0.15, 0.2) is 41.5 Å². The fourth-order valence-corrected chi connectivity index (χ4v) is 4.20. The van der Waals surface area contributed by atoms with Crippen LogP contribution in [-0.2, 0) is 14.8 Å². The standard InChI is InChI=1S/C22H27N3O6S/c1-6-20(26)25-18(14-7-9-15(10-8-14)24-32(5,27)28)13-17(23-25)16-11-12-19(29-2)22(31-4)21(16)30-3/h7-12,18,24H,6,13H2,1-5H3. The van der Waals surface area contributed by atoms with E-state index in [1.807, 2.05) is 6.07 Å². The van der Waals surface area contributed by atoms with Crippen LogP contribution < -0.4 is 18.9 Å². The largest absolute Gasteiger partial charge is 0.493 e. The molecule has 0 bridgehead atoms. The smallest absolute Gasteiger partial charge is 0.242 e. The highest BCUT2D eigenvalue weighted by Crippen LogP contribution is 2.43. The van der Waals surface area contributed by atoms with Crippen LogP contribution in [0.2, 0.25) is 0 Å². The topological polar surface area (TPSA) is 107 Å². The van der Waals surface area contributed by atoms with Crippen LogP contribution in [0.4, 0.5) is 5.69 Å². The number of ether oxygens (including phenoxy) is 3. The number of benzene rings is 2. The fourth-order valence-electron chi connectivity index (χ4n) is 3.64. The van der Waals surface area contributed by atoms with Gasteiger partial charge in [0.15, 0.2) is 11.5 Å². The van der Waals surface area contributed by atoms with Crippen molar-refractivity contribution in [2.24, 2.45) is 5.10 Å². The monoisotopic (exact) mass is 461 g/mol. The van der Waals surface area contributed by atoms with Gasteiger partial charge in [0.05, 0.1) is 39.3 Å². The zero-order valence-electron chi connectivity index (χ0n) is 18.7. The number of hydrogen-bond donors (Lipinski definition) is 1. The number of sulfonamides is 1. The first-order chi connectivity index (χ1) is 15.2. The number of methoxy groups -OCH3 is 3. The molecule has 3 rings (SSSR count). The molecule has 1 heterocycles. The summed E-state index contributed by atoms with van der Waals surface area (Å²) in [6, 6.07) is 10.2. The van der Waals surface area contributed by atoms with E-state index in [0.717, 1.165) is 11.8 Å². The third-order valence-electron chi connectivity index (χ3n) is 5.08. The van der Waals surface area contributed by atoms with Crippen molar-refractivity contribution in [1.29, 1.82) is 0 Å². The average Bonchev–Trinajstić information content (AvgIpc) is 3.22. The highest BCUT2D eigenvalue weighted by molar-refractivity contribution is 7.92. The van der Waals surface area contributed by atoms with Gasteiger partial charge in [0.2, 0.25) is 21.7 Å². The Bertz CT molecular complexity index is 1130. The van der Waals surface area contributed by atoms with Gasteiger partial charge >= 0.3 is 0 Å². The minimum atomic E-state index is -3.38. The quantitative estimate of drug-likeness (QED) is 0.647. The number of nitrogens with zero attached hydrogens (tertiary/aromatic N) is 2. The van der Waals surface area contributed by atoms with Gasteiger partial charge in [-0.3, -0.25) is 9.52 Å². The average molecular weight is 462 g/mol. The Balaban J connectivity index is 1.99. The zero-order chi connectivity index (χ0) is 23.5. The highest BCUT2D eigenvalue weighted by Gasteiger charge is 2.34. The normalized spacial score (nSPS) is 15.8. The SMILES string of the molecule is CCC(=O)N1N=C(c2ccc(OC)c(OC)c2OC)CC1c1ccc(NS(C)(=O)=O)cc1. The Hall–Kier alpha value is -3.27. The molecule has 0 spiro atoms. The number of nitrogens with one attached hydrogen (secondary N) is 1. The molecule has 2 aromatic rings. The molecule has 9 nitrogen and oxygen atoms in total. The van der Waals surface area contributed by atoms with Crippen molar-refractivity contribution in [2.75, 3.05) is 32.3 Å². The number of carbonyl (C=O) groups excluding carboxylic acids is 1. The van der Waals surface area contributed by atoms with Crippen LogP contribution in [0.3, 0.4) is 0 Å². The first-order valence-corrected chi connectivity index (χ1v) is 11.9. The van der Waals surface area contributed by atoms with Crippen LogP contribution in [-0.4, -0.2) is 52.6 Å². The number of hydrogen-bond acceptors (Lipinski definition) is 7. The molecule has 1 amide bonds. The molecule has 0 radical (unpaired) electrons. The minimum Gasteiger partial charge on any atom is -0.493 e. The van der Waals surface area contributed by atoms with Gasteiger partial charge < -0.3 is 14.2 Å². The molecule has 1 atom stereocenters. The molecule has 0 aliphatic carbocycles. The van der Waals surface area contributed by atoms with Gasteiger partial charge in [0, 0.05) is 24.1 Å². The Morgan fingerprint density at radius 1 is 1.06 bits per heavy atom. The highest BCUT2D eigenvalue weighted by atomic mass is 32.2. The molecule has 1 N–H and O–H groups in total. The maximum Gasteiger partial charge on any atom is 0.242 e. The number of hydrazone groups is 1. The van der Waals surface area contributed by atoms with Crippen molar-refractivity contribution in [1.82, 2.24) is 5.01 Å². The van der Waals surface area contributed by atoms with Crippen LogP contribution in [0.1, 0.15) is 36.9 Å². The summed E-state index contributed by atoms with van der Waals surface area (Å²) in [6.07, 6.45) is 1.84. The maximum absolute atomic E-state index is 12.7. The summed E-state index contributed by atoms with van der Waals surface area (Å²) in [5.41, 5.74) is 2.67. The van der Waals surface area contributed by atoms with Crippen molar-refractivity contribution in [3.05, 3.63) is 47.5 Å². The van der Waals surface area contributed by atoms with Gasteiger partial charge in [0.25, 0.3) is 0 Å². The Kier molecular flexibility index (Phi) is 6.93. The van der Waals surface area contributed by atoms with Crippen LogP contribution in [0.5, 0.6) is 17.2 Å². The predicted molar refractivity (Wildman–Crippen MR) is 122 cm³/mol. The van der Waals surface area contributed by atoms with Crippen LogP contribution in [0, 0.1) is 0 Å². The summed E-state index contributed by atoms with van der Waals surface area (Å²) in [5, 5.41) is 6.10. The summed E-state index contributed by atoms with van der Waals surface area (Å²) in [5.74, 6) is 1.33. The predicted octanol–water partition coefficient (Wildman–Crippen LogP) is 3.17. The molecule has 1 aliphatic rings. The van der Waals surface area contributed by atoms with E-state index in [1.165, 1.54) is 19.2 Å². The van der Waals surface area contributed by atoms with Crippen molar-refractivity contribution >= 4 is 27.3 Å². The van der Waals surface area contributed by atoms with E-state index < -0.39 is 10.0 Å². The van der Waals surface area contributed by atoms with Gasteiger partial charge in [-0.1, -0.05) is 19.1 Å². The molecular weight excluding hydrogens is 434 g/mol. The lowest BCUT2D eigenvalue weighted by molar-refractivity contribution is -0.132. The molecule has 1 aliphatic heterocycles. The third-order valence-corrected chi connectivity index (χ3v) is 5.69. The van der Waals surface area contributed by atoms with Crippen molar-refractivity contribution in [2.45, 2.75) is 25.8 Å².